The number of hydrogen-bond donors (Lipinski definition) is 1. The molecular weight excluding hydrogens is 306 g/mol. The van der Waals surface area contributed by atoms with Gasteiger partial charge in [0.15, 0.2) is 0 Å². The fourth-order valence-corrected chi connectivity index (χ4v) is 3.86. The minimum absolute atomic E-state index is 0.0397. The predicted octanol–water partition coefficient (Wildman–Crippen LogP) is 5.29. The van der Waals surface area contributed by atoms with Crippen molar-refractivity contribution in [1.29, 1.82) is 0 Å². The molecule has 2 heterocycles. The Kier molecular flexibility index (Phi) is 2.98. The molecule has 3 heteroatoms. The number of aryl methyl sites for hydroxylation is 2. The fourth-order valence-electron chi connectivity index (χ4n) is 3.86. The second-order valence-corrected chi connectivity index (χ2v) is 6.75. The van der Waals surface area contributed by atoms with E-state index < -0.39 is 0 Å². The summed E-state index contributed by atoms with van der Waals surface area (Å²) in [4.78, 5) is 4.94. The highest BCUT2D eigenvalue weighted by atomic mass is 15.2. The molecule has 0 unspecified atom stereocenters. The summed E-state index contributed by atoms with van der Waals surface area (Å²) in [6.07, 6.45) is 0.0397. The monoisotopic (exact) mass is 325 g/mol. The maximum absolute atomic E-state index is 4.94. The van der Waals surface area contributed by atoms with Crippen molar-refractivity contribution >= 4 is 16.7 Å². The third-order valence-corrected chi connectivity index (χ3v) is 5.03. The van der Waals surface area contributed by atoms with E-state index in [1.165, 1.54) is 16.7 Å². The van der Waals surface area contributed by atoms with Crippen LogP contribution in [0.5, 0.6) is 0 Å². The molecular formula is C22H19N3. The van der Waals surface area contributed by atoms with Gasteiger partial charge in [0, 0.05) is 11.3 Å². The van der Waals surface area contributed by atoms with Crippen molar-refractivity contribution < 1.29 is 0 Å². The Balaban J connectivity index is 1.83. The molecule has 4 aromatic rings. The standard InChI is InChI=1S/C22H19N3/c1-14-11-12-16(15(2)13-14)21-23-18-8-4-3-7-17(18)22-24-19-9-5-6-10-20(19)25(21)22/h3-13,21,23H,1-2H3/t21-/m1/s1. The first kappa shape index (κ1) is 14.3. The molecule has 3 nitrogen and oxygen atoms in total. The molecule has 0 saturated carbocycles. The molecule has 0 spiro atoms. The number of nitrogens with one attached hydrogen (secondary N) is 1. The minimum atomic E-state index is 0.0397. The number of rotatable bonds is 1. The van der Waals surface area contributed by atoms with Crippen molar-refractivity contribution in [3.05, 3.63) is 83.4 Å². The summed E-state index contributed by atoms with van der Waals surface area (Å²) in [6.45, 7) is 4.32. The third-order valence-electron chi connectivity index (χ3n) is 5.03. The van der Waals surface area contributed by atoms with E-state index in [-0.39, 0.29) is 6.17 Å². The van der Waals surface area contributed by atoms with Gasteiger partial charge in [-0.15, -0.1) is 0 Å². The number of benzene rings is 3. The summed E-state index contributed by atoms with van der Waals surface area (Å²) in [5, 5.41) is 3.73. The van der Waals surface area contributed by atoms with Crippen molar-refractivity contribution in [2.24, 2.45) is 0 Å². The van der Waals surface area contributed by atoms with Crippen LogP contribution in [0.25, 0.3) is 22.4 Å². The fraction of sp³-hybridized carbons (Fsp3) is 0.136. The summed E-state index contributed by atoms with van der Waals surface area (Å²) in [5.74, 6) is 1.03. The van der Waals surface area contributed by atoms with Crippen LogP contribution in [0.3, 0.4) is 0 Å². The van der Waals surface area contributed by atoms with Gasteiger partial charge in [0.25, 0.3) is 0 Å². The van der Waals surface area contributed by atoms with Gasteiger partial charge in [0.05, 0.1) is 11.0 Å². The summed E-state index contributed by atoms with van der Waals surface area (Å²) in [6, 6.07) is 23.4. The maximum Gasteiger partial charge on any atom is 0.145 e. The number of imidazole rings is 1. The zero-order chi connectivity index (χ0) is 17.0. The maximum atomic E-state index is 4.94. The van der Waals surface area contributed by atoms with Gasteiger partial charge in [-0.1, -0.05) is 48.0 Å². The Morgan fingerprint density at radius 2 is 1.72 bits per heavy atom. The first-order chi connectivity index (χ1) is 12.2. The van der Waals surface area contributed by atoms with Gasteiger partial charge >= 0.3 is 0 Å². The Morgan fingerprint density at radius 3 is 2.60 bits per heavy atom. The van der Waals surface area contributed by atoms with E-state index in [1.54, 1.807) is 0 Å². The van der Waals surface area contributed by atoms with Crippen LogP contribution < -0.4 is 5.32 Å². The molecule has 0 amide bonds. The molecule has 0 radical (unpaired) electrons. The number of hydrogen-bond acceptors (Lipinski definition) is 2. The molecule has 0 fully saturated rings. The zero-order valence-electron chi connectivity index (χ0n) is 14.3. The second-order valence-electron chi connectivity index (χ2n) is 6.75. The van der Waals surface area contributed by atoms with Crippen LogP contribution in [0.2, 0.25) is 0 Å². The number of nitrogens with zero attached hydrogens (tertiary/aromatic N) is 2. The van der Waals surface area contributed by atoms with Gasteiger partial charge in [-0.05, 0) is 49.2 Å². The van der Waals surface area contributed by atoms with Crippen molar-refractivity contribution in [1.82, 2.24) is 9.55 Å². The molecule has 5 rings (SSSR count). The van der Waals surface area contributed by atoms with E-state index >= 15 is 0 Å². The van der Waals surface area contributed by atoms with E-state index in [1.807, 2.05) is 6.07 Å². The van der Waals surface area contributed by atoms with Gasteiger partial charge in [-0.2, -0.15) is 0 Å². The smallest absolute Gasteiger partial charge is 0.145 e. The third kappa shape index (κ3) is 2.09. The van der Waals surface area contributed by atoms with Crippen LogP contribution in [0.4, 0.5) is 5.69 Å². The average molecular weight is 325 g/mol. The predicted molar refractivity (Wildman–Crippen MR) is 103 cm³/mol. The van der Waals surface area contributed by atoms with Gasteiger partial charge in [0.1, 0.15) is 12.0 Å². The Labute approximate surface area is 147 Å². The van der Waals surface area contributed by atoms with E-state index in [4.69, 9.17) is 4.98 Å². The zero-order valence-corrected chi connectivity index (χ0v) is 14.3. The molecule has 1 aliphatic heterocycles. The first-order valence-corrected chi connectivity index (χ1v) is 8.62. The van der Waals surface area contributed by atoms with Gasteiger partial charge in [-0.25, -0.2) is 4.98 Å². The van der Waals surface area contributed by atoms with Crippen LogP contribution in [0.15, 0.2) is 66.7 Å². The number of anilines is 1. The topological polar surface area (TPSA) is 29.9 Å². The van der Waals surface area contributed by atoms with E-state index in [2.05, 4.69) is 84.4 Å². The quantitative estimate of drug-likeness (QED) is 0.515. The molecule has 1 atom stereocenters. The molecule has 0 saturated heterocycles. The normalized spacial score (nSPS) is 15.5. The Morgan fingerprint density at radius 1 is 0.920 bits per heavy atom. The lowest BCUT2D eigenvalue weighted by atomic mass is 10.0. The van der Waals surface area contributed by atoms with Crippen molar-refractivity contribution in [3.8, 4) is 11.4 Å². The summed E-state index contributed by atoms with van der Waals surface area (Å²) < 4.78 is 2.33. The van der Waals surface area contributed by atoms with E-state index in [0.717, 1.165) is 28.1 Å². The second kappa shape index (κ2) is 5.21. The number of fused-ring (bicyclic) bond motifs is 5. The van der Waals surface area contributed by atoms with E-state index in [0.29, 0.717) is 0 Å². The molecule has 122 valence electrons. The molecule has 1 aromatic heterocycles. The average Bonchev–Trinajstić information content (AvgIpc) is 3.01. The van der Waals surface area contributed by atoms with Crippen LogP contribution in [-0.2, 0) is 0 Å². The largest absolute Gasteiger partial charge is 0.361 e. The van der Waals surface area contributed by atoms with Crippen LogP contribution in [0, 0.1) is 13.8 Å². The van der Waals surface area contributed by atoms with Gasteiger partial charge in [-0.3, -0.25) is 4.57 Å². The summed E-state index contributed by atoms with van der Waals surface area (Å²) in [5.41, 5.74) is 8.34. The summed E-state index contributed by atoms with van der Waals surface area (Å²) in [7, 11) is 0. The van der Waals surface area contributed by atoms with Crippen molar-refractivity contribution in [3.63, 3.8) is 0 Å². The number of aromatic nitrogens is 2. The van der Waals surface area contributed by atoms with Crippen LogP contribution in [0.1, 0.15) is 22.9 Å². The van der Waals surface area contributed by atoms with Crippen molar-refractivity contribution in [2.45, 2.75) is 20.0 Å². The van der Waals surface area contributed by atoms with Crippen LogP contribution in [-0.4, -0.2) is 9.55 Å². The van der Waals surface area contributed by atoms with Crippen molar-refractivity contribution in [2.75, 3.05) is 5.32 Å². The SMILES string of the molecule is Cc1ccc([C@@H]2Nc3ccccc3-c3nc4ccccc4n32)c(C)c1. The van der Waals surface area contributed by atoms with Crippen LogP contribution >= 0.6 is 0 Å². The lowest BCUT2D eigenvalue weighted by molar-refractivity contribution is 0.665. The Bertz CT molecular complexity index is 1110. The number of para-hydroxylation sites is 3. The highest BCUT2D eigenvalue weighted by Gasteiger charge is 2.28. The first-order valence-electron chi connectivity index (χ1n) is 8.62. The lowest BCUT2D eigenvalue weighted by Crippen LogP contribution is -2.25. The highest BCUT2D eigenvalue weighted by Crippen LogP contribution is 2.41. The summed E-state index contributed by atoms with van der Waals surface area (Å²) >= 11 is 0. The van der Waals surface area contributed by atoms with Gasteiger partial charge in [0.2, 0.25) is 0 Å². The molecule has 1 N–H and O–H groups in total. The molecule has 1 aliphatic rings. The molecule has 0 aliphatic carbocycles. The Hall–Kier alpha value is -3.07. The molecule has 3 aromatic carbocycles. The molecule has 25 heavy (non-hydrogen) atoms. The lowest BCUT2D eigenvalue weighted by Gasteiger charge is -2.31. The minimum Gasteiger partial charge on any atom is -0.361 e. The van der Waals surface area contributed by atoms with Gasteiger partial charge < -0.3 is 5.32 Å². The highest BCUT2D eigenvalue weighted by molar-refractivity contribution is 5.86. The molecule has 0 bridgehead atoms. The van der Waals surface area contributed by atoms with E-state index in [9.17, 15) is 0 Å².